The molecule has 0 aliphatic heterocycles. The number of pyridine rings is 1. The number of aryl methyl sites for hydroxylation is 2. The van der Waals surface area contributed by atoms with Crippen LogP contribution in [0.5, 0.6) is 5.75 Å². The van der Waals surface area contributed by atoms with Gasteiger partial charge in [0.1, 0.15) is 5.75 Å². The second-order valence-electron chi connectivity index (χ2n) is 6.40. The van der Waals surface area contributed by atoms with Crippen molar-refractivity contribution >= 4 is 20.9 Å². The Morgan fingerprint density at radius 3 is 2.44 bits per heavy atom. The van der Waals surface area contributed by atoms with Crippen LogP contribution in [-0.2, 0) is 16.6 Å². The Labute approximate surface area is 158 Å². The Hall–Kier alpha value is -2.64. The molecule has 3 rings (SSSR count). The summed E-state index contributed by atoms with van der Waals surface area (Å²) in [5, 5.41) is 0.877. The molecule has 0 bridgehead atoms. The number of benzene rings is 2. The maximum atomic E-state index is 12.5. The van der Waals surface area contributed by atoms with E-state index in [2.05, 4.69) is 9.71 Å². The predicted molar refractivity (Wildman–Crippen MR) is 106 cm³/mol. The van der Waals surface area contributed by atoms with Crippen LogP contribution in [0.2, 0.25) is 0 Å². The van der Waals surface area contributed by atoms with Crippen LogP contribution in [0.25, 0.3) is 10.9 Å². The number of sulfonamides is 1. The van der Waals surface area contributed by atoms with Crippen molar-refractivity contribution in [2.45, 2.75) is 32.2 Å². The molecule has 0 amide bonds. The van der Waals surface area contributed by atoms with Gasteiger partial charge < -0.3 is 9.72 Å². The number of H-pyrrole nitrogens is 1. The lowest BCUT2D eigenvalue weighted by Crippen LogP contribution is -2.27. The third-order valence-corrected chi connectivity index (χ3v) is 5.69. The summed E-state index contributed by atoms with van der Waals surface area (Å²) in [4.78, 5) is 15.3. The van der Waals surface area contributed by atoms with Crippen molar-refractivity contribution in [3.05, 3.63) is 69.5 Å². The molecule has 2 N–H and O–H groups in total. The summed E-state index contributed by atoms with van der Waals surface area (Å²) in [5.74, 6) is 0.605. The first-order valence-electron chi connectivity index (χ1n) is 8.66. The molecular formula is C20H22N2O4S. The Balaban J connectivity index is 1.85. The Morgan fingerprint density at radius 1 is 1.07 bits per heavy atom. The van der Waals surface area contributed by atoms with E-state index < -0.39 is 10.0 Å². The van der Waals surface area contributed by atoms with Gasteiger partial charge in [0, 0.05) is 12.1 Å². The van der Waals surface area contributed by atoms with Gasteiger partial charge in [-0.3, -0.25) is 4.79 Å². The number of nitrogens with one attached hydrogen (secondary N) is 2. The van der Waals surface area contributed by atoms with Crippen molar-refractivity contribution in [2.24, 2.45) is 0 Å². The van der Waals surface area contributed by atoms with Gasteiger partial charge in [-0.15, -0.1) is 0 Å². The standard InChI is InChI=1S/C20H22N2O4S/c1-4-26-17-5-7-18(8-6-17)27(24,25)21-12-16-11-15-10-13(2)9-14(3)19(15)22-20(16)23/h5-11,21H,4,12H2,1-3H3,(H,22,23). The molecule has 3 aromatic rings. The van der Waals surface area contributed by atoms with Crippen LogP contribution in [0.15, 0.2) is 52.2 Å². The molecule has 1 aromatic heterocycles. The molecule has 2 aromatic carbocycles. The number of aromatic amines is 1. The summed E-state index contributed by atoms with van der Waals surface area (Å²) >= 11 is 0. The van der Waals surface area contributed by atoms with Crippen LogP contribution in [0.1, 0.15) is 23.6 Å². The SMILES string of the molecule is CCOc1ccc(S(=O)(=O)NCc2cc3cc(C)cc(C)c3[nH]c2=O)cc1. The molecule has 7 heteroatoms. The summed E-state index contributed by atoms with van der Waals surface area (Å²) in [6.45, 7) is 6.18. The normalized spacial score (nSPS) is 11.7. The minimum Gasteiger partial charge on any atom is -0.494 e. The summed E-state index contributed by atoms with van der Waals surface area (Å²) in [7, 11) is -3.73. The smallest absolute Gasteiger partial charge is 0.252 e. The lowest BCUT2D eigenvalue weighted by atomic mass is 10.1. The zero-order chi connectivity index (χ0) is 19.6. The summed E-state index contributed by atoms with van der Waals surface area (Å²) in [6.07, 6.45) is 0. The van der Waals surface area contributed by atoms with Crippen LogP contribution >= 0.6 is 0 Å². The second kappa shape index (κ2) is 7.54. The minimum atomic E-state index is -3.73. The molecular weight excluding hydrogens is 364 g/mol. The van der Waals surface area contributed by atoms with Crippen LogP contribution in [0.3, 0.4) is 0 Å². The van der Waals surface area contributed by atoms with Crippen molar-refractivity contribution in [3.8, 4) is 5.75 Å². The van der Waals surface area contributed by atoms with Crippen LogP contribution in [-0.4, -0.2) is 20.0 Å². The van der Waals surface area contributed by atoms with Gasteiger partial charge >= 0.3 is 0 Å². The average Bonchev–Trinajstić information content (AvgIpc) is 2.61. The lowest BCUT2D eigenvalue weighted by Gasteiger charge is -2.10. The van der Waals surface area contributed by atoms with Crippen LogP contribution in [0, 0.1) is 13.8 Å². The minimum absolute atomic E-state index is 0.0895. The van der Waals surface area contributed by atoms with E-state index in [1.165, 1.54) is 12.1 Å². The highest BCUT2D eigenvalue weighted by Gasteiger charge is 2.15. The summed E-state index contributed by atoms with van der Waals surface area (Å²) in [5.41, 5.74) is 2.88. The molecule has 0 fully saturated rings. The van der Waals surface area contributed by atoms with Gasteiger partial charge in [0.05, 0.1) is 17.0 Å². The van der Waals surface area contributed by atoms with Crippen LogP contribution < -0.4 is 15.0 Å². The first-order chi connectivity index (χ1) is 12.8. The Bertz CT molecular complexity index is 1130. The molecule has 1 heterocycles. The molecule has 0 atom stereocenters. The molecule has 6 nitrogen and oxygen atoms in total. The zero-order valence-electron chi connectivity index (χ0n) is 15.5. The molecule has 27 heavy (non-hydrogen) atoms. The number of ether oxygens (including phenoxy) is 1. The first kappa shape index (κ1) is 19.1. The van der Waals surface area contributed by atoms with Gasteiger partial charge in [-0.2, -0.15) is 0 Å². The number of hydrogen-bond acceptors (Lipinski definition) is 4. The summed E-state index contributed by atoms with van der Waals surface area (Å²) < 4.78 is 32.8. The van der Waals surface area contributed by atoms with Gasteiger partial charge in [0.2, 0.25) is 10.0 Å². The molecule has 0 aliphatic carbocycles. The molecule has 0 aliphatic rings. The fraction of sp³-hybridized carbons (Fsp3) is 0.250. The molecule has 0 unspecified atom stereocenters. The van der Waals surface area contributed by atoms with Crippen LogP contribution in [0.4, 0.5) is 0 Å². The third kappa shape index (κ3) is 4.20. The van der Waals surface area contributed by atoms with E-state index in [9.17, 15) is 13.2 Å². The van der Waals surface area contributed by atoms with Crippen molar-refractivity contribution in [1.29, 1.82) is 0 Å². The molecule has 0 spiro atoms. The fourth-order valence-corrected chi connectivity index (χ4v) is 4.01. The van der Waals surface area contributed by atoms with E-state index in [4.69, 9.17) is 4.74 Å². The number of hydrogen-bond donors (Lipinski definition) is 2. The highest BCUT2D eigenvalue weighted by atomic mass is 32.2. The van der Waals surface area contributed by atoms with E-state index in [1.807, 2.05) is 32.9 Å². The van der Waals surface area contributed by atoms with Gasteiger partial charge in [0.25, 0.3) is 5.56 Å². The molecule has 0 saturated carbocycles. The maximum Gasteiger partial charge on any atom is 0.252 e. The number of rotatable bonds is 6. The van der Waals surface area contributed by atoms with Crippen molar-refractivity contribution in [1.82, 2.24) is 9.71 Å². The van der Waals surface area contributed by atoms with E-state index in [0.717, 1.165) is 22.0 Å². The van der Waals surface area contributed by atoms with E-state index in [-0.39, 0.29) is 17.0 Å². The average molecular weight is 386 g/mol. The molecule has 0 saturated heterocycles. The monoisotopic (exact) mass is 386 g/mol. The van der Waals surface area contributed by atoms with E-state index in [1.54, 1.807) is 18.2 Å². The number of fused-ring (bicyclic) bond motifs is 1. The molecule has 0 radical (unpaired) electrons. The zero-order valence-corrected chi connectivity index (χ0v) is 16.3. The summed E-state index contributed by atoms with van der Waals surface area (Å²) in [6, 6.07) is 11.8. The maximum absolute atomic E-state index is 12.5. The second-order valence-corrected chi connectivity index (χ2v) is 8.17. The fourth-order valence-electron chi connectivity index (χ4n) is 3.00. The Morgan fingerprint density at radius 2 is 1.78 bits per heavy atom. The van der Waals surface area contributed by atoms with Crippen molar-refractivity contribution in [3.63, 3.8) is 0 Å². The van der Waals surface area contributed by atoms with Gasteiger partial charge in [-0.25, -0.2) is 13.1 Å². The largest absolute Gasteiger partial charge is 0.494 e. The quantitative estimate of drug-likeness (QED) is 0.682. The third-order valence-electron chi connectivity index (χ3n) is 4.27. The topological polar surface area (TPSA) is 88.3 Å². The lowest BCUT2D eigenvalue weighted by molar-refractivity contribution is 0.340. The molecule has 142 valence electrons. The van der Waals surface area contributed by atoms with Gasteiger partial charge in [-0.1, -0.05) is 11.6 Å². The highest BCUT2D eigenvalue weighted by Crippen LogP contribution is 2.19. The highest BCUT2D eigenvalue weighted by molar-refractivity contribution is 7.89. The first-order valence-corrected chi connectivity index (χ1v) is 10.1. The van der Waals surface area contributed by atoms with Gasteiger partial charge in [0.15, 0.2) is 0 Å². The Kier molecular flexibility index (Phi) is 5.34. The van der Waals surface area contributed by atoms with Gasteiger partial charge in [-0.05, 0) is 68.1 Å². The number of aromatic nitrogens is 1. The predicted octanol–water partition coefficient (Wildman–Crippen LogP) is 3.02. The van der Waals surface area contributed by atoms with E-state index >= 15 is 0 Å². The van der Waals surface area contributed by atoms with Crippen molar-refractivity contribution in [2.75, 3.05) is 6.61 Å². The van der Waals surface area contributed by atoms with Crippen molar-refractivity contribution < 1.29 is 13.2 Å². The van der Waals surface area contributed by atoms with E-state index in [0.29, 0.717) is 17.9 Å².